The van der Waals surface area contributed by atoms with E-state index in [1.807, 2.05) is 11.8 Å². The van der Waals surface area contributed by atoms with Crippen LogP contribution in [0.1, 0.15) is 24.5 Å². The molecule has 0 atom stereocenters. The summed E-state index contributed by atoms with van der Waals surface area (Å²) in [6, 6.07) is 4.40. The molecule has 90 valence electrons. The number of thioether (sulfide) groups is 1. The van der Waals surface area contributed by atoms with Crippen molar-refractivity contribution < 1.29 is 0 Å². The van der Waals surface area contributed by atoms with Gasteiger partial charge in [0.1, 0.15) is 0 Å². The molecular formula is C13H20BrNS. The number of halogens is 1. The van der Waals surface area contributed by atoms with Crippen LogP contribution in [-0.2, 0) is 0 Å². The van der Waals surface area contributed by atoms with Crippen molar-refractivity contribution >= 4 is 33.4 Å². The standard InChI is InChI=1S/C13H20BrNS/c1-4-16-7-5-6-15-12-8-10(2)13(14)11(3)9-12/h8-9,15H,4-7H2,1-3H3. The third-order valence-electron chi connectivity index (χ3n) is 2.44. The maximum Gasteiger partial charge on any atom is 0.0346 e. The van der Waals surface area contributed by atoms with Crippen LogP contribution in [0.5, 0.6) is 0 Å². The van der Waals surface area contributed by atoms with E-state index in [1.54, 1.807) is 0 Å². The van der Waals surface area contributed by atoms with E-state index in [1.165, 1.54) is 39.2 Å². The summed E-state index contributed by atoms with van der Waals surface area (Å²) < 4.78 is 1.22. The summed E-state index contributed by atoms with van der Waals surface area (Å²) in [4.78, 5) is 0. The Bertz CT molecular complexity index is 316. The van der Waals surface area contributed by atoms with E-state index in [2.05, 4.69) is 54.2 Å². The molecule has 0 heterocycles. The van der Waals surface area contributed by atoms with Gasteiger partial charge in [-0.05, 0) is 55.0 Å². The summed E-state index contributed by atoms with van der Waals surface area (Å²) in [5, 5.41) is 3.48. The quantitative estimate of drug-likeness (QED) is 0.769. The number of hydrogen-bond donors (Lipinski definition) is 1. The zero-order valence-corrected chi connectivity index (χ0v) is 12.7. The van der Waals surface area contributed by atoms with Crippen LogP contribution in [0.15, 0.2) is 16.6 Å². The Morgan fingerprint density at radius 3 is 2.44 bits per heavy atom. The predicted molar refractivity (Wildman–Crippen MR) is 79.7 cm³/mol. The molecule has 0 aliphatic rings. The topological polar surface area (TPSA) is 12.0 Å². The molecule has 1 N–H and O–H groups in total. The van der Waals surface area contributed by atoms with Gasteiger partial charge >= 0.3 is 0 Å². The molecule has 0 spiro atoms. The molecule has 3 heteroatoms. The molecule has 0 aliphatic carbocycles. The maximum absolute atomic E-state index is 3.58. The summed E-state index contributed by atoms with van der Waals surface area (Å²) in [6.45, 7) is 7.54. The van der Waals surface area contributed by atoms with Gasteiger partial charge in [-0.15, -0.1) is 0 Å². The van der Waals surface area contributed by atoms with Crippen molar-refractivity contribution in [1.82, 2.24) is 0 Å². The van der Waals surface area contributed by atoms with Crippen LogP contribution >= 0.6 is 27.7 Å². The first kappa shape index (κ1) is 13.9. The van der Waals surface area contributed by atoms with E-state index in [0.29, 0.717) is 0 Å². The smallest absolute Gasteiger partial charge is 0.0346 e. The fourth-order valence-electron chi connectivity index (χ4n) is 1.60. The van der Waals surface area contributed by atoms with Crippen molar-refractivity contribution in [2.24, 2.45) is 0 Å². The highest BCUT2D eigenvalue weighted by Crippen LogP contribution is 2.24. The average Bonchev–Trinajstić information content (AvgIpc) is 2.25. The third kappa shape index (κ3) is 4.38. The number of anilines is 1. The van der Waals surface area contributed by atoms with Gasteiger partial charge in [0.25, 0.3) is 0 Å². The first-order chi connectivity index (χ1) is 7.65. The molecule has 1 rings (SSSR count). The largest absolute Gasteiger partial charge is 0.385 e. The lowest BCUT2D eigenvalue weighted by molar-refractivity contribution is 0.990. The van der Waals surface area contributed by atoms with E-state index in [-0.39, 0.29) is 0 Å². The molecular weight excluding hydrogens is 282 g/mol. The van der Waals surface area contributed by atoms with Crippen molar-refractivity contribution in [2.75, 3.05) is 23.4 Å². The molecule has 0 saturated heterocycles. The van der Waals surface area contributed by atoms with Crippen molar-refractivity contribution in [3.63, 3.8) is 0 Å². The van der Waals surface area contributed by atoms with Crippen LogP contribution in [0.2, 0.25) is 0 Å². The summed E-state index contributed by atoms with van der Waals surface area (Å²) in [6.07, 6.45) is 1.23. The molecule has 0 amide bonds. The number of benzene rings is 1. The molecule has 1 nitrogen and oxygen atoms in total. The van der Waals surface area contributed by atoms with Crippen molar-refractivity contribution in [3.05, 3.63) is 27.7 Å². The minimum Gasteiger partial charge on any atom is -0.385 e. The average molecular weight is 302 g/mol. The van der Waals surface area contributed by atoms with E-state index in [9.17, 15) is 0 Å². The number of nitrogens with one attached hydrogen (secondary N) is 1. The van der Waals surface area contributed by atoms with E-state index in [0.717, 1.165) is 6.54 Å². The zero-order chi connectivity index (χ0) is 12.0. The lowest BCUT2D eigenvalue weighted by Gasteiger charge is -2.10. The van der Waals surface area contributed by atoms with Gasteiger partial charge in [-0.25, -0.2) is 0 Å². The van der Waals surface area contributed by atoms with Crippen LogP contribution in [0.25, 0.3) is 0 Å². The molecule has 1 aromatic carbocycles. The van der Waals surface area contributed by atoms with Gasteiger partial charge in [-0.1, -0.05) is 22.9 Å². The second-order valence-electron chi connectivity index (χ2n) is 3.90. The SMILES string of the molecule is CCSCCCNc1cc(C)c(Br)c(C)c1. The Hall–Kier alpha value is -0.150. The number of rotatable bonds is 6. The summed E-state index contributed by atoms with van der Waals surface area (Å²) >= 11 is 5.59. The first-order valence-electron chi connectivity index (χ1n) is 5.73. The molecule has 0 fully saturated rings. The highest BCUT2D eigenvalue weighted by atomic mass is 79.9. The summed E-state index contributed by atoms with van der Waals surface area (Å²) in [5.41, 5.74) is 3.83. The van der Waals surface area contributed by atoms with Gasteiger partial charge in [0.15, 0.2) is 0 Å². The molecule has 0 unspecified atom stereocenters. The van der Waals surface area contributed by atoms with Crippen LogP contribution in [0.4, 0.5) is 5.69 Å². The molecule has 16 heavy (non-hydrogen) atoms. The number of aryl methyl sites for hydroxylation is 2. The molecule has 0 saturated carbocycles. The Kier molecular flexibility index (Phi) is 6.29. The molecule has 0 bridgehead atoms. The van der Waals surface area contributed by atoms with Gasteiger partial charge < -0.3 is 5.32 Å². The minimum atomic E-state index is 1.06. The predicted octanol–water partition coefficient (Wildman–Crippen LogP) is 4.62. The third-order valence-corrected chi connectivity index (χ3v) is 4.67. The minimum absolute atomic E-state index is 1.06. The van der Waals surface area contributed by atoms with Crippen LogP contribution < -0.4 is 5.32 Å². The van der Waals surface area contributed by atoms with Gasteiger partial charge in [0.2, 0.25) is 0 Å². The molecule has 0 radical (unpaired) electrons. The zero-order valence-electron chi connectivity index (χ0n) is 10.3. The fourth-order valence-corrected chi connectivity index (χ4v) is 2.47. The Labute approximate surface area is 112 Å². The molecule has 0 aliphatic heterocycles. The highest BCUT2D eigenvalue weighted by Gasteiger charge is 2.01. The lowest BCUT2D eigenvalue weighted by atomic mass is 10.1. The Balaban J connectivity index is 2.43. The van der Waals surface area contributed by atoms with Crippen molar-refractivity contribution in [1.29, 1.82) is 0 Å². The van der Waals surface area contributed by atoms with Gasteiger partial charge in [-0.2, -0.15) is 11.8 Å². The molecule has 0 aromatic heterocycles. The van der Waals surface area contributed by atoms with E-state index in [4.69, 9.17) is 0 Å². The summed E-state index contributed by atoms with van der Waals surface area (Å²) in [7, 11) is 0. The first-order valence-corrected chi connectivity index (χ1v) is 7.68. The van der Waals surface area contributed by atoms with Gasteiger partial charge in [-0.3, -0.25) is 0 Å². The van der Waals surface area contributed by atoms with Gasteiger partial charge in [0, 0.05) is 16.7 Å². The monoisotopic (exact) mass is 301 g/mol. The highest BCUT2D eigenvalue weighted by molar-refractivity contribution is 9.10. The maximum atomic E-state index is 3.58. The Morgan fingerprint density at radius 2 is 1.88 bits per heavy atom. The number of hydrogen-bond acceptors (Lipinski definition) is 2. The van der Waals surface area contributed by atoms with E-state index >= 15 is 0 Å². The van der Waals surface area contributed by atoms with Crippen molar-refractivity contribution in [2.45, 2.75) is 27.2 Å². The lowest BCUT2D eigenvalue weighted by Crippen LogP contribution is -2.03. The van der Waals surface area contributed by atoms with Crippen LogP contribution in [0, 0.1) is 13.8 Å². The fraction of sp³-hybridized carbons (Fsp3) is 0.538. The van der Waals surface area contributed by atoms with Gasteiger partial charge in [0.05, 0.1) is 0 Å². The van der Waals surface area contributed by atoms with Crippen LogP contribution in [0.3, 0.4) is 0 Å². The second kappa shape index (κ2) is 7.23. The second-order valence-corrected chi connectivity index (χ2v) is 6.09. The Morgan fingerprint density at radius 1 is 1.25 bits per heavy atom. The summed E-state index contributed by atoms with van der Waals surface area (Å²) in [5.74, 6) is 2.47. The van der Waals surface area contributed by atoms with E-state index < -0.39 is 0 Å². The van der Waals surface area contributed by atoms with Crippen LogP contribution in [-0.4, -0.2) is 18.1 Å². The molecule has 1 aromatic rings. The van der Waals surface area contributed by atoms with Crippen molar-refractivity contribution in [3.8, 4) is 0 Å². The normalized spacial score (nSPS) is 10.5.